The van der Waals surface area contributed by atoms with Crippen LogP contribution in [0.4, 0.5) is 0 Å². The average Bonchev–Trinajstić information content (AvgIpc) is 2.22. The molecule has 0 aliphatic carbocycles. The van der Waals surface area contributed by atoms with E-state index in [1.165, 1.54) is 19.4 Å². The molecule has 0 amide bonds. The molecule has 0 fully saturated rings. The molecule has 1 unspecified atom stereocenters. The van der Waals surface area contributed by atoms with E-state index in [2.05, 4.69) is 18.7 Å². The summed E-state index contributed by atoms with van der Waals surface area (Å²) in [6.07, 6.45) is 4.42. The van der Waals surface area contributed by atoms with E-state index in [1.54, 1.807) is 0 Å². The van der Waals surface area contributed by atoms with Crippen molar-refractivity contribution in [3.63, 3.8) is 0 Å². The van der Waals surface area contributed by atoms with Gasteiger partial charge in [-0.05, 0) is 45.8 Å². The molecule has 3 nitrogen and oxygen atoms in total. The number of unbranched alkanes of at least 4 members (excludes halogenated alkanes) is 1. The molecule has 0 bridgehead atoms. The van der Waals surface area contributed by atoms with Gasteiger partial charge in [-0.2, -0.15) is 0 Å². The first kappa shape index (κ1) is 14.9. The van der Waals surface area contributed by atoms with Crippen molar-refractivity contribution in [3.05, 3.63) is 0 Å². The van der Waals surface area contributed by atoms with Gasteiger partial charge in [-0.1, -0.05) is 20.3 Å². The van der Waals surface area contributed by atoms with Crippen molar-refractivity contribution in [2.75, 3.05) is 26.2 Å². The molecule has 0 aromatic heterocycles. The molecular formula is C12H28N2O. The van der Waals surface area contributed by atoms with Gasteiger partial charge >= 0.3 is 0 Å². The van der Waals surface area contributed by atoms with Crippen molar-refractivity contribution < 1.29 is 5.11 Å². The number of hydrogen-bond donors (Lipinski definition) is 2. The zero-order valence-corrected chi connectivity index (χ0v) is 10.6. The van der Waals surface area contributed by atoms with E-state index in [0.29, 0.717) is 0 Å². The summed E-state index contributed by atoms with van der Waals surface area (Å²) < 4.78 is 0. The van der Waals surface area contributed by atoms with Gasteiger partial charge in [0.05, 0.1) is 6.61 Å². The number of nitrogens with two attached hydrogens (primary N) is 1. The molecule has 0 spiro atoms. The lowest BCUT2D eigenvalue weighted by Crippen LogP contribution is -2.40. The minimum atomic E-state index is -0.387. The maximum atomic E-state index is 9.00. The van der Waals surface area contributed by atoms with E-state index in [4.69, 9.17) is 10.8 Å². The lowest BCUT2D eigenvalue weighted by atomic mass is 9.97. The number of nitrogens with zero attached hydrogens (tertiary/aromatic N) is 1. The summed E-state index contributed by atoms with van der Waals surface area (Å²) in [5.41, 5.74) is 5.47. The topological polar surface area (TPSA) is 49.5 Å². The van der Waals surface area contributed by atoms with Crippen LogP contribution < -0.4 is 5.73 Å². The Morgan fingerprint density at radius 3 is 2.33 bits per heavy atom. The first-order valence-corrected chi connectivity index (χ1v) is 6.17. The molecule has 0 aromatic rings. The molecule has 0 saturated carbocycles. The van der Waals surface area contributed by atoms with Crippen molar-refractivity contribution in [1.82, 2.24) is 4.90 Å². The molecule has 0 rings (SSSR count). The van der Waals surface area contributed by atoms with Gasteiger partial charge in [-0.25, -0.2) is 0 Å². The van der Waals surface area contributed by atoms with Crippen LogP contribution in [0.1, 0.15) is 46.5 Å². The van der Waals surface area contributed by atoms with Crippen molar-refractivity contribution in [1.29, 1.82) is 0 Å². The van der Waals surface area contributed by atoms with Gasteiger partial charge < -0.3 is 15.7 Å². The SMILES string of the molecule is CCCN(CC)CCCCC(C)(N)CO. The Kier molecular flexibility index (Phi) is 8.02. The summed E-state index contributed by atoms with van der Waals surface area (Å²) >= 11 is 0. The lowest BCUT2D eigenvalue weighted by molar-refractivity contribution is 0.194. The van der Waals surface area contributed by atoms with E-state index in [-0.39, 0.29) is 12.1 Å². The summed E-state index contributed by atoms with van der Waals surface area (Å²) in [6.45, 7) is 9.90. The van der Waals surface area contributed by atoms with Crippen LogP contribution in [-0.2, 0) is 0 Å². The fraction of sp³-hybridized carbons (Fsp3) is 1.00. The highest BCUT2D eigenvalue weighted by Gasteiger charge is 2.15. The fourth-order valence-electron chi connectivity index (χ4n) is 1.69. The highest BCUT2D eigenvalue weighted by atomic mass is 16.3. The molecule has 0 aromatic carbocycles. The largest absolute Gasteiger partial charge is 0.394 e. The first-order valence-electron chi connectivity index (χ1n) is 6.17. The maximum Gasteiger partial charge on any atom is 0.0608 e. The van der Waals surface area contributed by atoms with Crippen LogP contribution >= 0.6 is 0 Å². The number of hydrogen-bond acceptors (Lipinski definition) is 3. The van der Waals surface area contributed by atoms with Crippen LogP contribution in [0.2, 0.25) is 0 Å². The first-order chi connectivity index (χ1) is 7.05. The van der Waals surface area contributed by atoms with Crippen molar-refractivity contribution in [2.24, 2.45) is 5.73 Å². The lowest BCUT2D eigenvalue weighted by Gasteiger charge is -2.23. The van der Waals surface area contributed by atoms with Gasteiger partial charge in [0.2, 0.25) is 0 Å². The maximum absolute atomic E-state index is 9.00. The van der Waals surface area contributed by atoms with Crippen LogP contribution in [-0.4, -0.2) is 41.8 Å². The van der Waals surface area contributed by atoms with E-state index in [1.807, 2.05) is 6.92 Å². The van der Waals surface area contributed by atoms with Gasteiger partial charge in [0.1, 0.15) is 0 Å². The van der Waals surface area contributed by atoms with E-state index in [0.717, 1.165) is 25.9 Å². The highest BCUT2D eigenvalue weighted by molar-refractivity contribution is 4.76. The Balaban J connectivity index is 3.52. The average molecular weight is 216 g/mol. The highest BCUT2D eigenvalue weighted by Crippen LogP contribution is 2.10. The fourth-order valence-corrected chi connectivity index (χ4v) is 1.69. The van der Waals surface area contributed by atoms with Gasteiger partial charge in [0.15, 0.2) is 0 Å². The van der Waals surface area contributed by atoms with Gasteiger partial charge in [-0.3, -0.25) is 0 Å². The van der Waals surface area contributed by atoms with Crippen LogP contribution in [0.3, 0.4) is 0 Å². The molecule has 1 atom stereocenters. The molecule has 92 valence electrons. The standard InChI is InChI=1S/C12H28N2O/c1-4-9-14(5-2)10-7-6-8-12(3,13)11-15/h15H,4-11,13H2,1-3H3. The second kappa shape index (κ2) is 8.08. The van der Waals surface area contributed by atoms with Crippen LogP contribution in [0.15, 0.2) is 0 Å². The monoisotopic (exact) mass is 216 g/mol. The van der Waals surface area contributed by atoms with E-state index in [9.17, 15) is 0 Å². The molecular weight excluding hydrogens is 188 g/mol. The molecule has 3 N–H and O–H groups in total. The van der Waals surface area contributed by atoms with Gasteiger partial charge in [0, 0.05) is 5.54 Å². The molecule has 0 aliphatic heterocycles. The summed E-state index contributed by atoms with van der Waals surface area (Å²) in [7, 11) is 0. The molecule has 15 heavy (non-hydrogen) atoms. The zero-order valence-electron chi connectivity index (χ0n) is 10.6. The van der Waals surface area contributed by atoms with E-state index < -0.39 is 0 Å². The summed E-state index contributed by atoms with van der Waals surface area (Å²) in [4.78, 5) is 2.47. The third-order valence-electron chi connectivity index (χ3n) is 2.82. The number of rotatable bonds is 9. The molecule has 0 saturated heterocycles. The van der Waals surface area contributed by atoms with Gasteiger partial charge in [-0.15, -0.1) is 0 Å². The summed E-state index contributed by atoms with van der Waals surface area (Å²) in [6, 6.07) is 0. The van der Waals surface area contributed by atoms with Crippen LogP contribution in [0.25, 0.3) is 0 Å². The smallest absolute Gasteiger partial charge is 0.0608 e. The van der Waals surface area contributed by atoms with E-state index >= 15 is 0 Å². The Hall–Kier alpha value is -0.120. The third kappa shape index (κ3) is 7.77. The van der Waals surface area contributed by atoms with Crippen molar-refractivity contribution >= 4 is 0 Å². The van der Waals surface area contributed by atoms with Gasteiger partial charge in [0.25, 0.3) is 0 Å². The van der Waals surface area contributed by atoms with Crippen LogP contribution in [0, 0.1) is 0 Å². The minimum absolute atomic E-state index is 0.0828. The summed E-state index contributed by atoms with van der Waals surface area (Å²) in [5, 5.41) is 9.00. The second-order valence-electron chi connectivity index (χ2n) is 4.70. The number of aliphatic hydroxyl groups excluding tert-OH is 1. The normalized spacial score (nSPS) is 15.6. The molecule has 3 heteroatoms. The third-order valence-corrected chi connectivity index (χ3v) is 2.82. The Labute approximate surface area is 94.6 Å². The summed E-state index contributed by atoms with van der Waals surface area (Å²) in [5.74, 6) is 0. The number of aliphatic hydroxyl groups is 1. The Morgan fingerprint density at radius 2 is 1.87 bits per heavy atom. The quantitative estimate of drug-likeness (QED) is 0.576. The van der Waals surface area contributed by atoms with Crippen molar-refractivity contribution in [3.8, 4) is 0 Å². The predicted octanol–water partition coefficient (Wildman–Crippen LogP) is 1.60. The Bertz CT molecular complexity index is 149. The molecule has 0 aliphatic rings. The van der Waals surface area contributed by atoms with Crippen LogP contribution in [0.5, 0.6) is 0 Å². The Morgan fingerprint density at radius 1 is 1.20 bits per heavy atom. The van der Waals surface area contributed by atoms with Crippen molar-refractivity contribution in [2.45, 2.75) is 52.0 Å². The molecule has 0 heterocycles. The molecule has 0 radical (unpaired) electrons. The zero-order chi connectivity index (χ0) is 11.7. The predicted molar refractivity (Wildman–Crippen MR) is 65.9 cm³/mol. The minimum Gasteiger partial charge on any atom is -0.394 e. The second-order valence-corrected chi connectivity index (χ2v) is 4.70.